The van der Waals surface area contributed by atoms with E-state index in [-0.39, 0.29) is 10.8 Å². The molecular weight excluding hydrogens is 228 g/mol. The van der Waals surface area contributed by atoms with Crippen LogP contribution < -0.4 is 10.6 Å². The minimum absolute atomic E-state index is 0.181. The van der Waals surface area contributed by atoms with Gasteiger partial charge in [0.25, 0.3) is 5.91 Å². The van der Waals surface area contributed by atoms with E-state index in [0.717, 1.165) is 24.3 Å². The second-order valence-corrected chi connectivity index (χ2v) is 4.27. The Morgan fingerprint density at radius 1 is 1.31 bits per heavy atom. The predicted octanol–water partition coefficient (Wildman–Crippen LogP) is 0.786. The molecule has 0 unspecified atom stereocenters. The van der Waals surface area contributed by atoms with Crippen molar-refractivity contribution in [3.8, 4) is 0 Å². The number of rotatable bonds is 6. The highest BCUT2D eigenvalue weighted by atomic mass is 32.1. The Bertz CT molecular complexity index is 376. The Hall–Kier alpha value is -1.40. The molecule has 0 saturated heterocycles. The zero-order valence-electron chi connectivity index (χ0n) is 8.95. The largest absolute Gasteiger partial charge is 0.477 e. The van der Waals surface area contributed by atoms with E-state index in [1.807, 2.05) is 7.05 Å². The summed E-state index contributed by atoms with van der Waals surface area (Å²) in [5, 5.41) is 14.4. The van der Waals surface area contributed by atoms with Gasteiger partial charge in [0.15, 0.2) is 0 Å². The van der Waals surface area contributed by atoms with Gasteiger partial charge < -0.3 is 15.7 Å². The standard InChI is InChI=1S/C10H14N2O3S/c1-11-5-2-6-12-9(13)7-3-4-8(16-7)10(14)15/h3-4,11H,2,5-6H2,1H3,(H,12,13)(H,14,15). The van der Waals surface area contributed by atoms with E-state index < -0.39 is 5.97 Å². The van der Waals surface area contributed by atoms with Crippen molar-refractivity contribution in [2.24, 2.45) is 0 Å². The predicted molar refractivity (Wildman–Crippen MR) is 62.2 cm³/mol. The Balaban J connectivity index is 2.43. The summed E-state index contributed by atoms with van der Waals surface area (Å²) in [7, 11) is 1.85. The molecule has 1 heterocycles. The van der Waals surface area contributed by atoms with Crippen LogP contribution in [0.2, 0.25) is 0 Å². The van der Waals surface area contributed by atoms with E-state index in [2.05, 4.69) is 10.6 Å². The van der Waals surface area contributed by atoms with Gasteiger partial charge in [-0.3, -0.25) is 4.79 Å². The topological polar surface area (TPSA) is 78.4 Å². The summed E-state index contributed by atoms with van der Waals surface area (Å²) in [4.78, 5) is 22.7. The second kappa shape index (κ2) is 6.24. The Morgan fingerprint density at radius 2 is 2.00 bits per heavy atom. The highest BCUT2D eigenvalue weighted by Crippen LogP contribution is 2.15. The molecule has 6 heteroatoms. The van der Waals surface area contributed by atoms with Gasteiger partial charge in [-0.15, -0.1) is 11.3 Å². The maximum atomic E-state index is 11.5. The number of hydrogen-bond donors (Lipinski definition) is 3. The third-order valence-corrected chi connectivity index (χ3v) is 3.00. The Labute approximate surface area is 97.5 Å². The van der Waals surface area contributed by atoms with Crippen molar-refractivity contribution in [2.45, 2.75) is 6.42 Å². The van der Waals surface area contributed by atoms with Crippen LogP contribution in [-0.4, -0.2) is 37.1 Å². The number of carboxylic acid groups (broad SMARTS) is 1. The molecule has 0 aromatic carbocycles. The van der Waals surface area contributed by atoms with Crippen LogP contribution in [0.15, 0.2) is 12.1 Å². The summed E-state index contributed by atoms with van der Waals surface area (Å²) < 4.78 is 0. The van der Waals surface area contributed by atoms with Crippen LogP contribution >= 0.6 is 11.3 Å². The van der Waals surface area contributed by atoms with E-state index in [1.54, 1.807) is 0 Å². The van der Waals surface area contributed by atoms with Crippen LogP contribution in [0.1, 0.15) is 25.8 Å². The monoisotopic (exact) mass is 242 g/mol. The molecule has 0 aliphatic heterocycles. The zero-order chi connectivity index (χ0) is 12.0. The van der Waals surface area contributed by atoms with Crippen molar-refractivity contribution in [3.63, 3.8) is 0 Å². The van der Waals surface area contributed by atoms with E-state index >= 15 is 0 Å². The van der Waals surface area contributed by atoms with Crippen LogP contribution in [0, 0.1) is 0 Å². The minimum atomic E-state index is -1.00. The number of nitrogens with one attached hydrogen (secondary N) is 2. The van der Waals surface area contributed by atoms with Gasteiger partial charge in [-0.2, -0.15) is 0 Å². The molecule has 1 aromatic heterocycles. The van der Waals surface area contributed by atoms with Crippen molar-refractivity contribution in [2.75, 3.05) is 20.1 Å². The van der Waals surface area contributed by atoms with Crippen LogP contribution in [0.5, 0.6) is 0 Å². The summed E-state index contributed by atoms with van der Waals surface area (Å²) >= 11 is 0.986. The number of thiophene rings is 1. The summed E-state index contributed by atoms with van der Waals surface area (Å²) in [5.41, 5.74) is 0. The molecule has 5 nitrogen and oxygen atoms in total. The Morgan fingerprint density at radius 3 is 2.56 bits per heavy atom. The van der Waals surface area contributed by atoms with Crippen molar-refractivity contribution >= 4 is 23.2 Å². The molecule has 0 spiro atoms. The lowest BCUT2D eigenvalue weighted by atomic mass is 10.4. The highest BCUT2D eigenvalue weighted by Gasteiger charge is 2.11. The van der Waals surface area contributed by atoms with E-state index in [9.17, 15) is 9.59 Å². The molecule has 16 heavy (non-hydrogen) atoms. The fourth-order valence-corrected chi connectivity index (χ4v) is 1.89. The van der Waals surface area contributed by atoms with Gasteiger partial charge in [0.05, 0.1) is 4.88 Å². The Kier molecular flexibility index (Phi) is 4.94. The third-order valence-electron chi connectivity index (χ3n) is 1.93. The molecule has 0 atom stereocenters. The molecule has 88 valence electrons. The van der Waals surface area contributed by atoms with Crippen molar-refractivity contribution in [1.29, 1.82) is 0 Å². The molecule has 1 rings (SSSR count). The lowest BCUT2D eigenvalue weighted by molar-refractivity contribution is 0.0702. The average Bonchev–Trinajstić information content (AvgIpc) is 2.73. The van der Waals surface area contributed by atoms with Gasteiger partial charge in [-0.25, -0.2) is 4.79 Å². The first-order chi connectivity index (χ1) is 7.65. The number of carbonyl (C=O) groups excluding carboxylic acids is 1. The number of carboxylic acids is 1. The number of aromatic carboxylic acids is 1. The summed E-state index contributed by atoms with van der Waals surface area (Å²) in [6.45, 7) is 1.42. The number of hydrogen-bond acceptors (Lipinski definition) is 4. The van der Waals surface area contributed by atoms with Crippen LogP contribution in [0.3, 0.4) is 0 Å². The molecule has 0 saturated carbocycles. The summed E-state index contributed by atoms with van der Waals surface area (Å²) in [5.74, 6) is -1.21. The zero-order valence-corrected chi connectivity index (χ0v) is 9.76. The molecular formula is C10H14N2O3S. The van der Waals surface area contributed by atoms with Gasteiger partial charge in [0.1, 0.15) is 4.88 Å². The van der Waals surface area contributed by atoms with Crippen molar-refractivity contribution in [3.05, 3.63) is 21.9 Å². The van der Waals surface area contributed by atoms with Gasteiger partial charge in [-0.1, -0.05) is 0 Å². The molecule has 0 fully saturated rings. The first-order valence-electron chi connectivity index (χ1n) is 4.91. The molecule has 3 N–H and O–H groups in total. The average molecular weight is 242 g/mol. The maximum absolute atomic E-state index is 11.5. The summed E-state index contributed by atoms with van der Waals surface area (Å²) in [6, 6.07) is 2.97. The number of amides is 1. The first kappa shape index (κ1) is 12.7. The fraction of sp³-hybridized carbons (Fsp3) is 0.400. The minimum Gasteiger partial charge on any atom is -0.477 e. The number of carbonyl (C=O) groups is 2. The van der Waals surface area contributed by atoms with E-state index in [4.69, 9.17) is 5.11 Å². The highest BCUT2D eigenvalue weighted by molar-refractivity contribution is 7.15. The van der Waals surface area contributed by atoms with Gasteiger partial charge >= 0.3 is 5.97 Å². The molecule has 0 radical (unpaired) electrons. The van der Waals surface area contributed by atoms with Crippen LogP contribution in [-0.2, 0) is 0 Å². The van der Waals surface area contributed by atoms with Crippen LogP contribution in [0.25, 0.3) is 0 Å². The smallest absolute Gasteiger partial charge is 0.345 e. The molecule has 0 bridgehead atoms. The quantitative estimate of drug-likeness (QED) is 0.644. The molecule has 0 aliphatic rings. The molecule has 1 aromatic rings. The lowest BCUT2D eigenvalue weighted by Gasteiger charge is -2.02. The summed E-state index contributed by atoms with van der Waals surface area (Å²) in [6.07, 6.45) is 0.847. The SMILES string of the molecule is CNCCCNC(=O)c1ccc(C(=O)O)s1. The van der Waals surface area contributed by atoms with Gasteiger partial charge in [0, 0.05) is 6.54 Å². The molecule has 1 amide bonds. The van der Waals surface area contributed by atoms with Gasteiger partial charge in [0.2, 0.25) is 0 Å². The first-order valence-corrected chi connectivity index (χ1v) is 5.72. The van der Waals surface area contributed by atoms with Crippen LogP contribution in [0.4, 0.5) is 0 Å². The van der Waals surface area contributed by atoms with Crippen molar-refractivity contribution in [1.82, 2.24) is 10.6 Å². The maximum Gasteiger partial charge on any atom is 0.345 e. The fourth-order valence-electron chi connectivity index (χ4n) is 1.13. The third kappa shape index (κ3) is 3.63. The normalized spacial score (nSPS) is 10.1. The second-order valence-electron chi connectivity index (χ2n) is 3.18. The van der Waals surface area contributed by atoms with Gasteiger partial charge in [-0.05, 0) is 32.1 Å². The molecule has 0 aliphatic carbocycles. The van der Waals surface area contributed by atoms with E-state index in [1.165, 1.54) is 12.1 Å². The van der Waals surface area contributed by atoms with Crippen molar-refractivity contribution < 1.29 is 14.7 Å². The van der Waals surface area contributed by atoms with E-state index in [0.29, 0.717) is 11.4 Å². The lowest BCUT2D eigenvalue weighted by Crippen LogP contribution is -2.25.